The lowest BCUT2D eigenvalue weighted by atomic mass is 10.1. The Morgan fingerprint density at radius 3 is 2.69 bits per heavy atom. The predicted molar refractivity (Wildman–Crippen MR) is 52.3 cm³/mol. The monoisotopic (exact) mass is 222 g/mol. The van der Waals surface area contributed by atoms with Gasteiger partial charge in [-0.2, -0.15) is 0 Å². The molecular formula is C11H7FO4. The lowest BCUT2D eigenvalue weighted by Crippen LogP contribution is -2.01. The number of rotatable bonds is 1. The number of carboxylic acid groups (broad SMARTS) is 1. The van der Waals surface area contributed by atoms with Crippen LogP contribution in [-0.2, 0) is 9.53 Å². The van der Waals surface area contributed by atoms with Gasteiger partial charge in [0.05, 0.1) is 12.7 Å². The summed E-state index contributed by atoms with van der Waals surface area (Å²) >= 11 is 0. The van der Waals surface area contributed by atoms with Crippen molar-refractivity contribution in [3.05, 3.63) is 35.1 Å². The Kier molecular flexibility index (Phi) is 3.62. The Balaban J connectivity index is 3.19. The number of ether oxygens (including phenoxy) is 1. The highest BCUT2D eigenvalue weighted by Gasteiger charge is 2.09. The average Bonchev–Trinajstić information content (AvgIpc) is 2.25. The van der Waals surface area contributed by atoms with Crippen LogP contribution in [0, 0.1) is 17.7 Å². The maximum Gasteiger partial charge on any atom is 0.384 e. The van der Waals surface area contributed by atoms with E-state index in [1.54, 1.807) is 0 Å². The van der Waals surface area contributed by atoms with E-state index >= 15 is 0 Å². The molecule has 0 radical (unpaired) electrons. The van der Waals surface area contributed by atoms with Crippen molar-refractivity contribution in [3.63, 3.8) is 0 Å². The second-order valence-electron chi connectivity index (χ2n) is 2.74. The van der Waals surface area contributed by atoms with Crippen molar-refractivity contribution >= 4 is 11.9 Å². The number of carbonyl (C=O) groups is 2. The molecule has 82 valence electrons. The molecule has 0 aromatic heterocycles. The molecule has 0 atom stereocenters. The number of carboxylic acids is 1. The van der Waals surface area contributed by atoms with Crippen molar-refractivity contribution in [1.29, 1.82) is 0 Å². The van der Waals surface area contributed by atoms with Gasteiger partial charge >= 0.3 is 11.9 Å². The molecule has 0 spiro atoms. The van der Waals surface area contributed by atoms with Gasteiger partial charge in [0.1, 0.15) is 5.82 Å². The standard InChI is InChI=1S/C11H7FO4/c1-16-10(13)5-2-7-6-8(12)3-4-9(7)11(14)15/h3-4,6H,1H3,(H,14,15). The zero-order chi connectivity index (χ0) is 12.1. The third-order valence-electron chi connectivity index (χ3n) is 1.70. The second-order valence-corrected chi connectivity index (χ2v) is 2.74. The van der Waals surface area contributed by atoms with E-state index in [4.69, 9.17) is 5.11 Å². The van der Waals surface area contributed by atoms with Crippen LogP contribution < -0.4 is 0 Å². The van der Waals surface area contributed by atoms with E-state index in [0.29, 0.717) is 0 Å². The van der Waals surface area contributed by atoms with Crippen molar-refractivity contribution in [2.45, 2.75) is 0 Å². The van der Waals surface area contributed by atoms with Crippen LogP contribution in [0.15, 0.2) is 18.2 Å². The van der Waals surface area contributed by atoms with Gasteiger partial charge in [-0.05, 0) is 18.2 Å². The summed E-state index contributed by atoms with van der Waals surface area (Å²) in [5.41, 5.74) is -0.240. The summed E-state index contributed by atoms with van der Waals surface area (Å²) in [5.74, 6) is 1.58. The largest absolute Gasteiger partial charge is 0.478 e. The van der Waals surface area contributed by atoms with Crippen LogP contribution in [0.2, 0.25) is 0 Å². The first-order valence-electron chi connectivity index (χ1n) is 4.17. The Labute approximate surface area is 90.7 Å². The molecule has 0 heterocycles. The molecule has 0 aliphatic heterocycles. The molecule has 0 saturated carbocycles. The van der Waals surface area contributed by atoms with Crippen LogP contribution in [0.1, 0.15) is 15.9 Å². The van der Waals surface area contributed by atoms with E-state index in [-0.39, 0.29) is 11.1 Å². The minimum absolute atomic E-state index is 0.0714. The number of aromatic carboxylic acids is 1. The number of benzene rings is 1. The summed E-state index contributed by atoms with van der Waals surface area (Å²) in [6.07, 6.45) is 0. The maximum absolute atomic E-state index is 12.8. The van der Waals surface area contributed by atoms with Gasteiger partial charge < -0.3 is 9.84 Å². The van der Waals surface area contributed by atoms with Crippen LogP contribution in [0.25, 0.3) is 0 Å². The molecule has 0 aliphatic carbocycles. The lowest BCUT2D eigenvalue weighted by molar-refractivity contribution is -0.133. The lowest BCUT2D eigenvalue weighted by Gasteiger charge is -1.98. The number of hydrogen-bond donors (Lipinski definition) is 1. The van der Waals surface area contributed by atoms with Gasteiger partial charge in [-0.3, -0.25) is 0 Å². The van der Waals surface area contributed by atoms with Gasteiger partial charge in [0.2, 0.25) is 0 Å². The zero-order valence-corrected chi connectivity index (χ0v) is 8.28. The number of carbonyl (C=O) groups excluding carboxylic acids is 1. The van der Waals surface area contributed by atoms with Crippen molar-refractivity contribution in [2.75, 3.05) is 7.11 Å². The Bertz CT molecular complexity index is 496. The highest BCUT2D eigenvalue weighted by atomic mass is 19.1. The molecule has 0 unspecified atom stereocenters. The number of halogens is 1. The fourth-order valence-electron chi connectivity index (χ4n) is 0.976. The molecule has 1 aromatic rings. The smallest absolute Gasteiger partial charge is 0.384 e. The zero-order valence-electron chi connectivity index (χ0n) is 8.28. The quantitative estimate of drug-likeness (QED) is 0.569. The third kappa shape index (κ3) is 2.82. The molecule has 0 aliphatic rings. The number of methoxy groups -OCH3 is 1. The Morgan fingerprint density at radius 2 is 2.12 bits per heavy atom. The maximum atomic E-state index is 12.8. The van der Waals surface area contributed by atoms with Crippen molar-refractivity contribution in [2.24, 2.45) is 0 Å². The molecule has 1 N–H and O–H groups in total. The molecule has 5 heteroatoms. The molecule has 0 amide bonds. The normalized spacial score (nSPS) is 8.88. The van der Waals surface area contributed by atoms with Crippen LogP contribution in [0.4, 0.5) is 4.39 Å². The molecular weight excluding hydrogens is 215 g/mol. The summed E-state index contributed by atoms with van der Waals surface area (Å²) in [6, 6.07) is 3.03. The Hall–Kier alpha value is -2.35. The summed E-state index contributed by atoms with van der Waals surface area (Å²) in [6.45, 7) is 0. The average molecular weight is 222 g/mol. The highest BCUT2D eigenvalue weighted by Crippen LogP contribution is 2.10. The van der Waals surface area contributed by atoms with Crippen molar-refractivity contribution < 1.29 is 23.8 Å². The van der Waals surface area contributed by atoms with E-state index in [1.807, 2.05) is 5.92 Å². The number of hydrogen-bond acceptors (Lipinski definition) is 3. The first kappa shape index (κ1) is 11.7. The van der Waals surface area contributed by atoms with Crippen LogP contribution in [0.5, 0.6) is 0 Å². The van der Waals surface area contributed by atoms with Crippen molar-refractivity contribution in [1.82, 2.24) is 0 Å². The molecule has 0 saturated heterocycles. The summed E-state index contributed by atoms with van der Waals surface area (Å²) < 4.78 is 17.1. The fourth-order valence-corrected chi connectivity index (χ4v) is 0.976. The van der Waals surface area contributed by atoms with Gasteiger partial charge in [-0.1, -0.05) is 5.92 Å². The van der Waals surface area contributed by atoms with Crippen LogP contribution in [-0.4, -0.2) is 24.2 Å². The van der Waals surface area contributed by atoms with Gasteiger partial charge in [-0.15, -0.1) is 0 Å². The first-order valence-corrected chi connectivity index (χ1v) is 4.17. The summed E-state index contributed by atoms with van der Waals surface area (Å²) in [4.78, 5) is 21.5. The SMILES string of the molecule is COC(=O)C#Cc1cc(F)ccc1C(=O)O. The molecule has 1 aromatic carbocycles. The second kappa shape index (κ2) is 4.94. The van der Waals surface area contributed by atoms with Crippen LogP contribution in [0.3, 0.4) is 0 Å². The van der Waals surface area contributed by atoms with E-state index in [9.17, 15) is 14.0 Å². The molecule has 4 nitrogen and oxygen atoms in total. The number of esters is 1. The fraction of sp³-hybridized carbons (Fsp3) is 0.0909. The van der Waals surface area contributed by atoms with E-state index in [2.05, 4.69) is 10.7 Å². The molecule has 16 heavy (non-hydrogen) atoms. The predicted octanol–water partition coefficient (Wildman–Crippen LogP) is 1.05. The van der Waals surface area contributed by atoms with E-state index < -0.39 is 17.8 Å². The van der Waals surface area contributed by atoms with Gasteiger partial charge in [-0.25, -0.2) is 14.0 Å². The molecule has 1 rings (SSSR count). The first-order chi connectivity index (χ1) is 7.54. The van der Waals surface area contributed by atoms with Gasteiger partial charge in [0.25, 0.3) is 0 Å². The van der Waals surface area contributed by atoms with Crippen LogP contribution >= 0.6 is 0 Å². The summed E-state index contributed by atoms with van der Waals surface area (Å²) in [7, 11) is 1.14. The minimum Gasteiger partial charge on any atom is -0.478 e. The highest BCUT2D eigenvalue weighted by molar-refractivity contribution is 5.93. The van der Waals surface area contributed by atoms with Gasteiger partial charge in [0, 0.05) is 11.5 Å². The summed E-state index contributed by atoms with van der Waals surface area (Å²) in [5, 5.41) is 8.77. The molecule has 0 fully saturated rings. The van der Waals surface area contributed by atoms with E-state index in [1.165, 1.54) is 0 Å². The van der Waals surface area contributed by atoms with Gasteiger partial charge in [0.15, 0.2) is 0 Å². The minimum atomic E-state index is -1.24. The molecule has 0 bridgehead atoms. The van der Waals surface area contributed by atoms with E-state index in [0.717, 1.165) is 25.3 Å². The third-order valence-corrected chi connectivity index (χ3v) is 1.70. The van der Waals surface area contributed by atoms with Crippen molar-refractivity contribution in [3.8, 4) is 11.8 Å². The Morgan fingerprint density at radius 1 is 1.44 bits per heavy atom. The topological polar surface area (TPSA) is 63.6 Å².